The standard InChI is InChI=1S/C15H12ClNO7/c1-7(13(19)17-15(21)22-2)23-14(20)12-6-10(18)9-5-8(16)3-4-11(9)24-12/h3-7H,1-2H3,(H,17,19,21)/t7-/m1/s1. The predicted octanol–water partition coefficient (Wildman–Crippen LogP) is 1.87. The number of benzene rings is 1. The molecule has 1 atom stereocenters. The molecule has 2 amide bonds. The van der Waals surface area contributed by atoms with Crippen molar-refractivity contribution in [1.29, 1.82) is 0 Å². The number of nitrogens with one attached hydrogen (secondary N) is 1. The van der Waals surface area contributed by atoms with Crippen LogP contribution < -0.4 is 10.7 Å². The zero-order valence-electron chi connectivity index (χ0n) is 12.6. The first-order valence-electron chi connectivity index (χ1n) is 6.65. The summed E-state index contributed by atoms with van der Waals surface area (Å²) in [4.78, 5) is 46.5. The number of ether oxygens (including phenoxy) is 2. The molecule has 0 spiro atoms. The fourth-order valence-electron chi connectivity index (χ4n) is 1.75. The van der Waals surface area contributed by atoms with Crippen LogP contribution in [-0.4, -0.2) is 31.2 Å². The summed E-state index contributed by atoms with van der Waals surface area (Å²) in [6.07, 6.45) is -2.29. The lowest BCUT2D eigenvalue weighted by Crippen LogP contribution is -2.39. The molecular formula is C15H12ClNO7. The van der Waals surface area contributed by atoms with Gasteiger partial charge >= 0.3 is 12.1 Å². The summed E-state index contributed by atoms with van der Waals surface area (Å²) in [6.45, 7) is 1.25. The van der Waals surface area contributed by atoms with Gasteiger partial charge in [0.05, 0.1) is 12.5 Å². The maximum Gasteiger partial charge on any atom is 0.413 e. The predicted molar refractivity (Wildman–Crippen MR) is 82.9 cm³/mol. The van der Waals surface area contributed by atoms with Crippen molar-refractivity contribution >= 4 is 40.5 Å². The number of hydrogen-bond donors (Lipinski definition) is 1. The monoisotopic (exact) mass is 353 g/mol. The molecule has 2 aromatic rings. The van der Waals surface area contributed by atoms with Crippen LogP contribution in [0.15, 0.2) is 33.5 Å². The average molecular weight is 354 g/mol. The topological polar surface area (TPSA) is 112 Å². The number of imide groups is 1. The molecular weight excluding hydrogens is 342 g/mol. The van der Waals surface area contributed by atoms with Gasteiger partial charge in [-0.1, -0.05) is 11.6 Å². The molecule has 0 unspecified atom stereocenters. The van der Waals surface area contributed by atoms with Crippen LogP contribution >= 0.6 is 11.6 Å². The first-order valence-corrected chi connectivity index (χ1v) is 7.03. The van der Waals surface area contributed by atoms with Crippen LogP contribution in [-0.2, 0) is 14.3 Å². The van der Waals surface area contributed by atoms with E-state index in [4.69, 9.17) is 20.8 Å². The second-order valence-corrected chi connectivity index (χ2v) is 5.08. The van der Waals surface area contributed by atoms with E-state index in [1.165, 1.54) is 25.1 Å². The largest absolute Gasteiger partial charge is 0.453 e. The number of carbonyl (C=O) groups is 3. The van der Waals surface area contributed by atoms with Crippen molar-refractivity contribution in [2.24, 2.45) is 0 Å². The maximum absolute atomic E-state index is 12.0. The molecule has 0 radical (unpaired) electrons. The summed E-state index contributed by atoms with van der Waals surface area (Å²) in [5.41, 5.74) is -0.345. The molecule has 0 aliphatic rings. The molecule has 0 aliphatic carbocycles. The molecule has 0 saturated carbocycles. The number of amides is 2. The SMILES string of the molecule is COC(=O)NC(=O)[C@@H](C)OC(=O)c1cc(=O)c2cc(Cl)ccc2o1. The number of hydrogen-bond acceptors (Lipinski definition) is 7. The molecule has 1 aromatic carbocycles. The zero-order chi connectivity index (χ0) is 17.9. The Kier molecular flexibility index (Phi) is 5.20. The fraction of sp³-hybridized carbons (Fsp3) is 0.200. The minimum absolute atomic E-state index is 0.144. The highest BCUT2D eigenvalue weighted by Gasteiger charge is 2.23. The molecule has 2 rings (SSSR count). The van der Waals surface area contributed by atoms with Crippen LogP contribution in [0.25, 0.3) is 11.0 Å². The van der Waals surface area contributed by atoms with Gasteiger partial charge in [0.15, 0.2) is 11.5 Å². The van der Waals surface area contributed by atoms with Crippen molar-refractivity contribution in [3.05, 3.63) is 45.3 Å². The normalized spacial score (nSPS) is 11.6. The third kappa shape index (κ3) is 3.90. The van der Waals surface area contributed by atoms with Gasteiger partial charge in [0.25, 0.3) is 5.91 Å². The molecule has 0 fully saturated rings. The number of rotatable bonds is 3. The summed E-state index contributed by atoms with van der Waals surface area (Å²) >= 11 is 5.80. The van der Waals surface area contributed by atoms with E-state index in [2.05, 4.69) is 4.74 Å². The number of carbonyl (C=O) groups excluding carboxylic acids is 3. The number of fused-ring (bicyclic) bond motifs is 1. The zero-order valence-corrected chi connectivity index (χ0v) is 13.4. The third-order valence-corrected chi connectivity index (χ3v) is 3.19. The fourth-order valence-corrected chi connectivity index (χ4v) is 1.93. The molecule has 0 aliphatic heterocycles. The second-order valence-electron chi connectivity index (χ2n) is 4.64. The summed E-state index contributed by atoms with van der Waals surface area (Å²) < 4.78 is 14.4. The van der Waals surface area contributed by atoms with Gasteiger partial charge in [-0.05, 0) is 25.1 Å². The molecule has 8 nitrogen and oxygen atoms in total. The maximum atomic E-state index is 12.0. The Bertz CT molecular complexity index is 874. The van der Waals surface area contributed by atoms with E-state index >= 15 is 0 Å². The summed E-state index contributed by atoms with van der Waals surface area (Å²) in [6, 6.07) is 5.27. The molecule has 1 heterocycles. The van der Waals surface area contributed by atoms with E-state index in [1.54, 1.807) is 0 Å². The minimum atomic E-state index is -1.30. The van der Waals surface area contributed by atoms with E-state index in [9.17, 15) is 19.2 Å². The number of esters is 1. The van der Waals surface area contributed by atoms with Crippen molar-refractivity contribution in [2.75, 3.05) is 7.11 Å². The van der Waals surface area contributed by atoms with Crippen LogP contribution in [0.5, 0.6) is 0 Å². The van der Waals surface area contributed by atoms with Gasteiger partial charge in [-0.15, -0.1) is 0 Å². The summed E-state index contributed by atoms with van der Waals surface area (Å²) in [5, 5.41) is 2.40. The van der Waals surface area contributed by atoms with Gasteiger partial charge in [0, 0.05) is 11.1 Å². The lowest BCUT2D eigenvalue weighted by molar-refractivity contribution is -0.128. The van der Waals surface area contributed by atoms with Crippen LogP contribution in [0.2, 0.25) is 5.02 Å². The molecule has 126 valence electrons. The van der Waals surface area contributed by atoms with Crippen LogP contribution in [0.3, 0.4) is 0 Å². The molecule has 0 saturated heterocycles. The van der Waals surface area contributed by atoms with Crippen molar-refractivity contribution < 1.29 is 28.3 Å². The van der Waals surface area contributed by atoms with Gasteiger partial charge < -0.3 is 13.9 Å². The van der Waals surface area contributed by atoms with Crippen molar-refractivity contribution in [3.63, 3.8) is 0 Å². The highest BCUT2D eigenvalue weighted by atomic mass is 35.5. The lowest BCUT2D eigenvalue weighted by Gasteiger charge is -2.12. The van der Waals surface area contributed by atoms with Crippen molar-refractivity contribution in [1.82, 2.24) is 5.32 Å². The van der Waals surface area contributed by atoms with Crippen molar-refractivity contribution in [3.8, 4) is 0 Å². The Hall–Kier alpha value is -2.87. The summed E-state index contributed by atoms with van der Waals surface area (Å²) in [7, 11) is 1.08. The number of halogens is 1. The Morgan fingerprint density at radius 2 is 1.96 bits per heavy atom. The minimum Gasteiger partial charge on any atom is -0.453 e. The highest BCUT2D eigenvalue weighted by molar-refractivity contribution is 6.31. The van der Waals surface area contributed by atoms with Crippen LogP contribution in [0.4, 0.5) is 4.79 Å². The van der Waals surface area contributed by atoms with Gasteiger partial charge in [0.1, 0.15) is 5.58 Å². The van der Waals surface area contributed by atoms with E-state index in [-0.39, 0.29) is 16.7 Å². The van der Waals surface area contributed by atoms with Gasteiger partial charge in [-0.2, -0.15) is 0 Å². The van der Waals surface area contributed by atoms with Crippen LogP contribution in [0.1, 0.15) is 17.5 Å². The summed E-state index contributed by atoms with van der Waals surface area (Å²) in [5.74, 6) is -2.30. The lowest BCUT2D eigenvalue weighted by atomic mass is 10.2. The molecule has 1 aromatic heterocycles. The number of alkyl carbamates (subject to hydrolysis) is 1. The third-order valence-electron chi connectivity index (χ3n) is 2.95. The highest BCUT2D eigenvalue weighted by Crippen LogP contribution is 2.18. The Labute approximate surface area is 140 Å². The molecule has 9 heteroatoms. The number of methoxy groups -OCH3 is 1. The second kappa shape index (κ2) is 7.14. The Balaban J connectivity index is 2.19. The Morgan fingerprint density at radius 1 is 1.25 bits per heavy atom. The Morgan fingerprint density at radius 3 is 2.62 bits per heavy atom. The van der Waals surface area contributed by atoms with E-state index in [0.29, 0.717) is 5.02 Å². The van der Waals surface area contributed by atoms with Gasteiger partial charge in [0.2, 0.25) is 5.76 Å². The van der Waals surface area contributed by atoms with E-state index < -0.39 is 29.5 Å². The van der Waals surface area contributed by atoms with Crippen LogP contribution in [0, 0.1) is 0 Å². The van der Waals surface area contributed by atoms with E-state index in [1.807, 2.05) is 5.32 Å². The van der Waals surface area contributed by atoms with Gasteiger partial charge in [-0.25, -0.2) is 9.59 Å². The van der Waals surface area contributed by atoms with Gasteiger partial charge in [-0.3, -0.25) is 14.9 Å². The average Bonchev–Trinajstić information content (AvgIpc) is 2.54. The first kappa shape index (κ1) is 17.5. The quantitative estimate of drug-likeness (QED) is 0.838. The van der Waals surface area contributed by atoms with E-state index in [0.717, 1.165) is 13.2 Å². The molecule has 0 bridgehead atoms. The molecule has 24 heavy (non-hydrogen) atoms. The smallest absolute Gasteiger partial charge is 0.413 e. The molecule has 1 N–H and O–H groups in total. The van der Waals surface area contributed by atoms with Crippen molar-refractivity contribution in [2.45, 2.75) is 13.0 Å². The first-order chi connectivity index (χ1) is 11.3.